The van der Waals surface area contributed by atoms with Crippen LogP contribution < -0.4 is 4.72 Å². The van der Waals surface area contributed by atoms with Gasteiger partial charge in [0.2, 0.25) is 10.0 Å². The molecule has 1 heterocycles. The number of nitrogens with one attached hydrogen (secondary N) is 1. The van der Waals surface area contributed by atoms with Crippen LogP contribution in [-0.4, -0.2) is 24.5 Å². The molecule has 20 heavy (non-hydrogen) atoms. The Morgan fingerprint density at radius 2 is 2.00 bits per heavy atom. The number of hydrogen-bond donors (Lipinski definition) is 2. The molecule has 0 radical (unpaired) electrons. The fourth-order valence-corrected chi connectivity index (χ4v) is 3.29. The Bertz CT molecular complexity index is 720. The fourth-order valence-electron chi connectivity index (χ4n) is 1.50. The zero-order valence-electron chi connectivity index (χ0n) is 10.5. The van der Waals surface area contributed by atoms with Gasteiger partial charge in [0.1, 0.15) is 5.01 Å². The Balaban J connectivity index is 2.11. The first-order valence-electron chi connectivity index (χ1n) is 5.62. The molecule has 0 saturated carbocycles. The smallest absolute Gasteiger partial charge is 0.335 e. The molecule has 2 N–H and O–H groups in total. The molecule has 6 nitrogen and oxygen atoms in total. The van der Waals surface area contributed by atoms with Crippen molar-refractivity contribution in [2.24, 2.45) is 0 Å². The third kappa shape index (κ3) is 3.41. The fraction of sp³-hybridized carbons (Fsp3) is 0.167. The topological polar surface area (TPSA) is 96.4 Å². The van der Waals surface area contributed by atoms with Crippen molar-refractivity contribution in [1.29, 1.82) is 0 Å². The molecule has 0 aliphatic heterocycles. The Labute approximate surface area is 120 Å². The number of benzene rings is 1. The number of thiazole rings is 1. The Morgan fingerprint density at radius 1 is 1.35 bits per heavy atom. The van der Waals surface area contributed by atoms with Gasteiger partial charge >= 0.3 is 5.97 Å². The predicted molar refractivity (Wildman–Crippen MR) is 74.3 cm³/mol. The molecule has 1 aromatic heterocycles. The Hall–Kier alpha value is -1.77. The van der Waals surface area contributed by atoms with Gasteiger partial charge in [-0.25, -0.2) is 22.9 Å². The van der Waals surface area contributed by atoms with Crippen molar-refractivity contribution in [3.8, 4) is 0 Å². The summed E-state index contributed by atoms with van der Waals surface area (Å²) in [4.78, 5) is 14.9. The number of aromatic carboxylic acids is 1. The van der Waals surface area contributed by atoms with E-state index in [1.165, 1.54) is 35.6 Å². The highest BCUT2D eigenvalue weighted by molar-refractivity contribution is 7.89. The quantitative estimate of drug-likeness (QED) is 0.874. The summed E-state index contributed by atoms with van der Waals surface area (Å²) in [5, 5.41) is 11.3. The van der Waals surface area contributed by atoms with E-state index in [0.29, 0.717) is 5.01 Å². The Kier molecular flexibility index (Phi) is 4.17. The maximum Gasteiger partial charge on any atom is 0.335 e. The van der Waals surface area contributed by atoms with Gasteiger partial charge in [-0.15, -0.1) is 11.3 Å². The number of rotatable bonds is 5. The lowest BCUT2D eigenvalue weighted by atomic mass is 10.2. The SMILES string of the molecule is Cc1csc(CNS(=O)(=O)c2ccc(C(=O)O)cc2)n1. The lowest BCUT2D eigenvalue weighted by Crippen LogP contribution is -2.23. The van der Waals surface area contributed by atoms with Crippen molar-refractivity contribution in [3.63, 3.8) is 0 Å². The van der Waals surface area contributed by atoms with Crippen LogP contribution in [0.4, 0.5) is 0 Å². The first kappa shape index (κ1) is 14.6. The first-order chi connectivity index (χ1) is 9.38. The van der Waals surface area contributed by atoms with Crippen molar-refractivity contribution >= 4 is 27.3 Å². The molecule has 0 atom stereocenters. The van der Waals surface area contributed by atoms with E-state index in [0.717, 1.165) is 5.69 Å². The molecule has 0 aliphatic rings. The minimum absolute atomic E-state index is 0.0239. The van der Waals surface area contributed by atoms with Gasteiger partial charge in [-0.05, 0) is 31.2 Å². The van der Waals surface area contributed by atoms with Crippen molar-refractivity contribution < 1.29 is 18.3 Å². The number of sulfonamides is 1. The number of hydrogen-bond acceptors (Lipinski definition) is 5. The molecule has 0 aliphatic carbocycles. The molecule has 0 spiro atoms. The zero-order chi connectivity index (χ0) is 14.8. The van der Waals surface area contributed by atoms with E-state index < -0.39 is 16.0 Å². The average Bonchev–Trinajstić information content (AvgIpc) is 2.82. The lowest BCUT2D eigenvalue weighted by Gasteiger charge is -2.05. The molecular weight excluding hydrogens is 300 g/mol. The molecule has 1 aromatic carbocycles. The maximum atomic E-state index is 12.0. The highest BCUT2D eigenvalue weighted by Crippen LogP contribution is 2.13. The largest absolute Gasteiger partial charge is 0.478 e. The predicted octanol–water partition coefficient (Wildman–Crippen LogP) is 1.63. The lowest BCUT2D eigenvalue weighted by molar-refractivity contribution is 0.0696. The van der Waals surface area contributed by atoms with Crippen molar-refractivity contribution in [2.45, 2.75) is 18.4 Å². The van der Waals surface area contributed by atoms with E-state index in [2.05, 4.69) is 9.71 Å². The van der Waals surface area contributed by atoms with Gasteiger partial charge in [0.15, 0.2) is 0 Å². The van der Waals surface area contributed by atoms with Crippen LogP contribution in [-0.2, 0) is 16.6 Å². The molecule has 0 fully saturated rings. The highest BCUT2D eigenvalue weighted by atomic mass is 32.2. The van der Waals surface area contributed by atoms with Crippen LogP contribution in [0.5, 0.6) is 0 Å². The van der Waals surface area contributed by atoms with E-state index in [4.69, 9.17) is 5.11 Å². The van der Waals surface area contributed by atoms with E-state index in [1.807, 2.05) is 12.3 Å². The van der Waals surface area contributed by atoms with Crippen LogP contribution in [0.2, 0.25) is 0 Å². The molecule has 106 valence electrons. The number of nitrogens with zero attached hydrogens (tertiary/aromatic N) is 1. The van der Waals surface area contributed by atoms with Crippen LogP contribution in [0.15, 0.2) is 34.5 Å². The summed E-state index contributed by atoms with van der Waals surface area (Å²) >= 11 is 1.38. The molecule has 0 unspecified atom stereocenters. The molecule has 0 bridgehead atoms. The zero-order valence-corrected chi connectivity index (χ0v) is 12.2. The summed E-state index contributed by atoms with van der Waals surface area (Å²) in [6.45, 7) is 1.95. The monoisotopic (exact) mass is 312 g/mol. The molecule has 2 rings (SSSR count). The summed E-state index contributed by atoms with van der Waals surface area (Å²) in [6.07, 6.45) is 0. The number of carbonyl (C=O) groups is 1. The van der Waals surface area contributed by atoms with Crippen molar-refractivity contribution in [2.75, 3.05) is 0 Å². The maximum absolute atomic E-state index is 12.0. The second-order valence-corrected chi connectivity index (χ2v) is 6.75. The molecule has 0 saturated heterocycles. The summed E-state index contributed by atoms with van der Waals surface area (Å²) < 4.78 is 26.4. The summed E-state index contributed by atoms with van der Waals surface area (Å²) in [7, 11) is -3.67. The van der Waals surface area contributed by atoms with Crippen LogP contribution in [0, 0.1) is 6.92 Å². The third-order valence-corrected chi connectivity index (χ3v) is 4.88. The van der Waals surface area contributed by atoms with Gasteiger partial charge in [0.05, 0.1) is 17.0 Å². The molecular formula is C12H12N2O4S2. The number of carboxylic acid groups (broad SMARTS) is 1. The summed E-state index contributed by atoms with van der Waals surface area (Å²) in [5.74, 6) is -1.10. The first-order valence-corrected chi connectivity index (χ1v) is 7.99. The van der Waals surface area contributed by atoms with Gasteiger partial charge in [-0.3, -0.25) is 0 Å². The van der Waals surface area contributed by atoms with E-state index in [9.17, 15) is 13.2 Å². The second-order valence-electron chi connectivity index (χ2n) is 4.04. The van der Waals surface area contributed by atoms with Crippen molar-refractivity contribution in [3.05, 3.63) is 45.9 Å². The molecule has 8 heteroatoms. The van der Waals surface area contributed by atoms with Crippen LogP contribution in [0.3, 0.4) is 0 Å². The summed E-state index contributed by atoms with van der Waals surface area (Å²) in [5.41, 5.74) is 0.884. The third-order valence-electron chi connectivity index (χ3n) is 2.49. The van der Waals surface area contributed by atoms with Gasteiger partial charge in [-0.2, -0.15) is 0 Å². The normalized spacial score (nSPS) is 11.4. The van der Waals surface area contributed by atoms with E-state index >= 15 is 0 Å². The minimum atomic E-state index is -3.67. The summed E-state index contributed by atoms with van der Waals surface area (Å²) in [6, 6.07) is 5.03. The van der Waals surface area contributed by atoms with Crippen LogP contribution >= 0.6 is 11.3 Å². The second kappa shape index (κ2) is 5.70. The van der Waals surface area contributed by atoms with Gasteiger partial charge in [0, 0.05) is 11.1 Å². The molecule has 2 aromatic rings. The highest BCUT2D eigenvalue weighted by Gasteiger charge is 2.15. The van der Waals surface area contributed by atoms with Gasteiger partial charge in [0.25, 0.3) is 0 Å². The van der Waals surface area contributed by atoms with Gasteiger partial charge in [-0.1, -0.05) is 0 Å². The number of aryl methyl sites for hydroxylation is 1. The van der Waals surface area contributed by atoms with Crippen molar-refractivity contribution in [1.82, 2.24) is 9.71 Å². The molecule has 0 amide bonds. The van der Waals surface area contributed by atoms with E-state index in [-0.39, 0.29) is 17.0 Å². The van der Waals surface area contributed by atoms with E-state index in [1.54, 1.807) is 0 Å². The van der Waals surface area contributed by atoms with Crippen LogP contribution in [0.1, 0.15) is 21.1 Å². The standard InChI is InChI=1S/C12H12N2O4S2/c1-8-7-19-11(14-8)6-13-20(17,18)10-4-2-9(3-5-10)12(15)16/h2-5,7,13H,6H2,1H3,(H,15,16). The Morgan fingerprint density at radius 3 is 2.50 bits per heavy atom. The van der Waals surface area contributed by atoms with Gasteiger partial charge < -0.3 is 5.11 Å². The average molecular weight is 312 g/mol. The van der Waals surface area contributed by atoms with Crippen LogP contribution in [0.25, 0.3) is 0 Å². The minimum Gasteiger partial charge on any atom is -0.478 e. The number of aromatic nitrogens is 1. The number of carboxylic acids is 1.